The summed E-state index contributed by atoms with van der Waals surface area (Å²) < 4.78 is 44.4. The second-order valence-corrected chi connectivity index (χ2v) is 6.83. The molecule has 1 aromatic carbocycles. The maximum absolute atomic E-state index is 12.7. The number of halogens is 3. The van der Waals surface area contributed by atoms with E-state index in [0.717, 1.165) is 16.3 Å². The van der Waals surface area contributed by atoms with E-state index in [1.165, 1.54) is 23.5 Å². The average molecular weight is 379 g/mol. The van der Waals surface area contributed by atoms with Crippen LogP contribution in [0.3, 0.4) is 0 Å². The van der Waals surface area contributed by atoms with E-state index in [0.29, 0.717) is 5.01 Å². The molecule has 3 aromatic rings. The van der Waals surface area contributed by atoms with E-state index in [2.05, 4.69) is 9.97 Å². The van der Waals surface area contributed by atoms with Gasteiger partial charge < -0.3 is 9.64 Å². The minimum absolute atomic E-state index is 0.100. The van der Waals surface area contributed by atoms with Crippen molar-refractivity contribution in [3.8, 4) is 5.88 Å². The first-order valence-electron chi connectivity index (χ1n) is 7.76. The highest BCUT2D eigenvalue weighted by Crippen LogP contribution is 2.29. The van der Waals surface area contributed by atoms with E-state index in [9.17, 15) is 18.0 Å². The molecule has 0 saturated carbocycles. The summed E-state index contributed by atoms with van der Waals surface area (Å²) in [6.07, 6.45) is -4.90. The summed E-state index contributed by atoms with van der Waals surface area (Å²) in [4.78, 5) is 21.8. The number of alkyl halides is 3. The van der Waals surface area contributed by atoms with Crippen molar-refractivity contribution in [3.05, 3.63) is 53.2 Å². The third kappa shape index (κ3) is 3.22. The number of likely N-dealkylation sites (tertiary alicyclic amines) is 1. The van der Waals surface area contributed by atoms with Gasteiger partial charge in [0.2, 0.25) is 5.88 Å². The van der Waals surface area contributed by atoms with Gasteiger partial charge in [-0.15, -0.1) is 11.3 Å². The van der Waals surface area contributed by atoms with E-state index < -0.39 is 11.9 Å². The van der Waals surface area contributed by atoms with Gasteiger partial charge in [0.05, 0.1) is 23.3 Å². The third-order valence-corrected chi connectivity index (χ3v) is 4.94. The SMILES string of the molecule is O=C(c1nc2ccccc2s1)N1CC(Oc2cccc(C(F)(F)F)n2)C1. The number of ether oxygens (including phenoxy) is 1. The van der Waals surface area contributed by atoms with Gasteiger partial charge in [0.25, 0.3) is 5.91 Å². The van der Waals surface area contributed by atoms with Gasteiger partial charge in [0.1, 0.15) is 11.8 Å². The number of hydrogen-bond donors (Lipinski definition) is 0. The Bertz CT molecular complexity index is 934. The summed E-state index contributed by atoms with van der Waals surface area (Å²) in [5.41, 5.74) is -0.237. The molecule has 1 aliphatic rings. The minimum Gasteiger partial charge on any atom is -0.471 e. The van der Waals surface area contributed by atoms with E-state index in [4.69, 9.17) is 4.74 Å². The molecular weight excluding hydrogens is 367 g/mol. The number of carbonyl (C=O) groups is 1. The molecule has 1 saturated heterocycles. The van der Waals surface area contributed by atoms with Crippen molar-refractivity contribution in [1.29, 1.82) is 0 Å². The highest BCUT2D eigenvalue weighted by atomic mass is 32.1. The molecule has 0 bridgehead atoms. The lowest BCUT2D eigenvalue weighted by atomic mass is 10.1. The second kappa shape index (κ2) is 6.24. The Balaban J connectivity index is 1.39. The van der Waals surface area contributed by atoms with Crippen LogP contribution in [0.4, 0.5) is 13.2 Å². The van der Waals surface area contributed by atoms with Crippen LogP contribution in [0, 0.1) is 0 Å². The molecule has 4 rings (SSSR count). The predicted molar refractivity (Wildman–Crippen MR) is 89.2 cm³/mol. The van der Waals surface area contributed by atoms with Crippen LogP contribution in [0.15, 0.2) is 42.5 Å². The largest absolute Gasteiger partial charge is 0.471 e. The maximum Gasteiger partial charge on any atom is 0.433 e. The Morgan fingerprint density at radius 2 is 1.88 bits per heavy atom. The van der Waals surface area contributed by atoms with Crippen molar-refractivity contribution in [2.75, 3.05) is 13.1 Å². The van der Waals surface area contributed by atoms with Crippen molar-refractivity contribution in [2.24, 2.45) is 0 Å². The van der Waals surface area contributed by atoms with Crippen molar-refractivity contribution < 1.29 is 22.7 Å². The quantitative estimate of drug-likeness (QED) is 0.698. The molecule has 0 N–H and O–H groups in total. The first-order valence-corrected chi connectivity index (χ1v) is 8.57. The number of thiazole rings is 1. The van der Waals surface area contributed by atoms with Gasteiger partial charge in [-0.2, -0.15) is 13.2 Å². The molecule has 9 heteroatoms. The number of para-hydroxylation sites is 1. The molecular formula is C17H12F3N3O2S. The monoisotopic (exact) mass is 379 g/mol. The molecule has 134 valence electrons. The van der Waals surface area contributed by atoms with Crippen LogP contribution in [-0.2, 0) is 6.18 Å². The number of carbonyl (C=O) groups excluding carboxylic acids is 1. The number of aromatic nitrogens is 2. The molecule has 0 radical (unpaired) electrons. The minimum atomic E-state index is -4.52. The Morgan fingerprint density at radius 1 is 1.12 bits per heavy atom. The van der Waals surface area contributed by atoms with Crippen molar-refractivity contribution in [3.63, 3.8) is 0 Å². The van der Waals surface area contributed by atoms with Gasteiger partial charge in [-0.25, -0.2) is 9.97 Å². The molecule has 2 aromatic heterocycles. The van der Waals surface area contributed by atoms with Crippen LogP contribution in [0.25, 0.3) is 10.2 Å². The van der Waals surface area contributed by atoms with Gasteiger partial charge in [-0.1, -0.05) is 18.2 Å². The Labute approximate surface area is 150 Å². The van der Waals surface area contributed by atoms with E-state index in [1.807, 2.05) is 24.3 Å². The number of amides is 1. The molecule has 3 heterocycles. The molecule has 0 aliphatic carbocycles. The first-order chi connectivity index (χ1) is 12.4. The Morgan fingerprint density at radius 3 is 2.62 bits per heavy atom. The molecule has 1 fully saturated rings. The summed E-state index contributed by atoms with van der Waals surface area (Å²) >= 11 is 1.31. The first kappa shape index (κ1) is 16.8. The lowest BCUT2D eigenvalue weighted by Crippen LogP contribution is -2.56. The maximum atomic E-state index is 12.7. The van der Waals surface area contributed by atoms with E-state index >= 15 is 0 Å². The molecule has 0 spiro atoms. The summed E-state index contributed by atoms with van der Waals surface area (Å²) in [6.45, 7) is 0.569. The van der Waals surface area contributed by atoms with E-state index in [-0.39, 0.29) is 31.0 Å². The molecule has 1 amide bonds. The second-order valence-electron chi connectivity index (χ2n) is 5.80. The number of fused-ring (bicyclic) bond motifs is 1. The Kier molecular flexibility index (Phi) is 4.03. The Hall–Kier alpha value is -2.68. The molecule has 26 heavy (non-hydrogen) atoms. The van der Waals surface area contributed by atoms with Gasteiger partial charge in [-0.3, -0.25) is 4.79 Å². The third-order valence-electron chi connectivity index (χ3n) is 3.91. The van der Waals surface area contributed by atoms with Crippen LogP contribution in [0.5, 0.6) is 5.88 Å². The summed E-state index contributed by atoms with van der Waals surface area (Å²) in [6, 6.07) is 11.0. The van der Waals surface area contributed by atoms with Crippen molar-refractivity contribution in [1.82, 2.24) is 14.9 Å². The fraction of sp³-hybridized carbons (Fsp3) is 0.235. The zero-order valence-corrected chi connectivity index (χ0v) is 14.0. The number of nitrogens with zero attached hydrogens (tertiary/aromatic N) is 3. The zero-order chi connectivity index (χ0) is 18.3. The average Bonchev–Trinajstić information content (AvgIpc) is 3.01. The zero-order valence-electron chi connectivity index (χ0n) is 13.2. The summed E-state index contributed by atoms with van der Waals surface area (Å²) in [5, 5.41) is 0.391. The number of rotatable bonds is 3. The number of pyridine rings is 1. The fourth-order valence-electron chi connectivity index (χ4n) is 2.59. The highest BCUT2D eigenvalue weighted by molar-refractivity contribution is 7.20. The van der Waals surface area contributed by atoms with Crippen LogP contribution in [0.1, 0.15) is 15.5 Å². The number of hydrogen-bond acceptors (Lipinski definition) is 5. The van der Waals surface area contributed by atoms with Gasteiger partial charge >= 0.3 is 6.18 Å². The van der Waals surface area contributed by atoms with E-state index in [1.54, 1.807) is 4.90 Å². The van der Waals surface area contributed by atoms with Crippen LogP contribution in [0.2, 0.25) is 0 Å². The van der Waals surface area contributed by atoms with Gasteiger partial charge in [-0.05, 0) is 18.2 Å². The standard InChI is InChI=1S/C17H12F3N3O2S/c18-17(19,20)13-6-3-7-14(22-13)25-10-8-23(9-10)16(24)15-21-11-4-1-2-5-12(11)26-15/h1-7,10H,8-9H2. The van der Waals surface area contributed by atoms with Crippen LogP contribution < -0.4 is 4.74 Å². The summed E-state index contributed by atoms with van der Waals surface area (Å²) in [5.74, 6) is -0.306. The summed E-state index contributed by atoms with van der Waals surface area (Å²) in [7, 11) is 0. The predicted octanol–water partition coefficient (Wildman–Crippen LogP) is 3.61. The molecule has 0 atom stereocenters. The normalized spacial score (nSPS) is 15.1. The van der Waals surface area contributed by atoms with Crippen molar-refractivity contribution >= 4 is 27.5 Å². The molecule has 1 aliphatic heterocycles. The van der Waals surface area contributed by atoms with Crippen LogP contribution in [-0.4, -0.2) is 40.0 Å². The van der Waals surface area contributed by atoms with Crippen LogP contribution >= 0.6 is 11.3 Å². The van der Waals surface area contributed by atoms with Gasteiger partial charge in [0.15, 0.2) is 5.01 Å². The van der Waals surface area contributed by atoms with Gasteiger partial charge in [0, 0.05) is 6.07 Å². The smallest absolute Gasteiger partial charge is 0.433 e. The number of benzene rings is 1. The highest BCUT2D eigenvalue weighted by Gasteiger charge is 2.36. The lowest BCUT2D eigenvalue weighted by Gasteiger charge is -2.38. The molecule has 0 unspecified atom stereocenters. The molecule has 5 nitrogen and oxygen atoms in total. The van der Waals surface area contributed by atoms with Crippen molar-refractivity contribution in [2.45, 2.75) is 12.3 Å². The lowest BCUT2D eigenvalue weighted by molar-refractivity contribution is -0.141. The topological polar surface area (TPSA) is 55.3 Å². The fourth-order valence-corrected chi connectivity index (χ4v) is 3.52.